The summed E-state index contributed by atoms with van der Waals surface area (Å²) in [5.41, 5.74) is 1.41. The Kier molecular flexibility index (Phi) is 6.22. The van der Waals surface area contributed by atoms with Gasteiger partial charge >= 0.3 is 11.9 Å². The molecule has 0 fully saturated rings. The van der Waals surface area contributed by atoms with Gasteiger partial charge in [0.1, 0.15) is 0 Å². The predicted molar refractivity (Wildman–Crippen MR) is 100 cm³/mol. The summed E-state index contributed by atoms with van der Waals surface area (Å²) >= 11 is 0. The van der Waals surface area contributed by atoms with E-state index in [1.807, 2.05) is 6.07 Å². The van der Waals surface area contributed by atoms with Crippen LogP contribution >= 0.6 is 0 Å². The Balaban J connectivity index is 2.34. The molecule has 0 saturated heterocycles. The molecule has 1 N–H and O–H groups in total. The SMILES string of the molecule is COC(=O)[C@H](C)OC(=O)c1ccccc1NS(=O)(=O)c1cc(C)ccc1C. The number of esters is 2. The number of hydrogen-bond acceptors (Lipinski definition) is 6. The van der Waals surface area contributed by atoms with Crippen molar-refractivity contribution in [3.05, 3.63) is 59.2 Å². The number of hydrogen-bond donors (Lipinski definition) is 1. The van der Waals surface area contributed by atoms with Gasteiger partial charge in [0.05, 0.1) is 23.3 Å². The summed E-state index contributed by atoms with van der Waals surface area (Å²) in [7, 11) is -2.74. The number of carbonyl (C=O) groups is 2. The van der Waals surface area contributed by atoms with Crippen molar-refractivity contribution >= 4 is 27.6 Å². The van der Waals surface area contributed by atoms with E-state index in [0.717, 1.165) is 5.56 Å². The smallest absolute Gasteiger partial charge is 0.346 e. The Morgan fingerprint density at radius 1 is 1.07 bits per heavy atom. The fourth-order valence-corrected chi connectivity index (χ4v) is 3.80. The van der Waals surface area contributed by atoms with Gasteiger partial charge in [0.15, 0.2) is 6.10 Å². The Morgan fingerprint density at radius 3 is 2.41 bits per heavy atom. The van der Waals surface area contributed by atoms with Crippen LogP contribution in [0.4, 0.5) is 5.69 Å². The number of aryl methyl sites for hydroxylation is 2. The number of anilines is 1. The van der Waals surface area contributed by atoms with Crippen molar-refractivity contribution in [3.8, 4) is 0 Å². The van der Waals surface area contributed by atoms with E-state index >= 15 is 0 Å². The lowest BCUT2D eigenvalue weighted by molar-refractivity contribution is -0.149. The molecule has 0 aliphatic heterocycles. The Hall–Kier alpha value is -2.87. The highest BCUT2D eigenvalue weighted by atomic mass is 32.2. The molecule has 0 bridgehead atoms. The molecule has 0 aromatic heterocycles. The fraction of sp³-hybridized carbons (Fsp3) is 0.263. The first-order valence-electron chi connectivity index (χ1n) is 8.13. The zero-order chi connectivity index (χ0) is 20.2. The summed E-state index contributed by atoms with van der Waals surface area (Å²) in [6.45, 7) is 4.84. The third kappa shape index (κ3) is 4.85. The quantitative estimate of drug-likeness (QED) is 0.760. The maximum Gasteiger partial charge on any atom is 0.346 e. The topological polar surface area (TPSA) is 98.8 Å². The third-order valence-corrected chi connectivity index (χ3v) is 5.35. The van der Waals surface area contributed by atoms with Crippen LogP contribution in [0.15, 0.2) is 47.4 Å². The van der Waals surface area contributed by atoms with Gasteiger partial charge in [-0.1, -0.05) is 24.3 Å². The molecule has 0 unspecified atom stereocenters. The van der Waals surface area contributed by atoms with E-state index < -0.39 is 28.1 Å². The maximum atomic E-state index is 12.8. The summed E-state index contributed by atoms with van der Waals surface area (Å²) in [4.78, 5) is 23.9. The molecule has 0 heterocycles. The molecule has 0 radical (unpaired) electrons. The van der Waals surface area contributed by atoms with Gasteiger partial charge in [-0.2, -0.15) is 0 Å². The molecule has 2 aromatic rings. The number of sulfonamides is 1. The van der Waals surface area contributed by atoms with Crippen molar-refractivity contribution < 1.29 is 27.5 Å². The molecule has 0 amide bonds. The first-order chi connectivity index (χ1) is 12.7. The number of carbonyl (C=O) groups excluding carboxylic acids is 2. The predicted octanol–water partition coefficient (Wildman–Crippen LogP) is 2.82. The summed E-state index contributed by atoms with van der Waals surface area (Å²) in [5, 5.41) is 0. The van der Waals surface area contributed by atoms with Crippen LogP contribution in [0.3, 0.4) is 0 Å². The van der Waals surface area contributed by atoms with E-state index in [2.05, 4.69) is 9.46 Å². The van der Waals surface area contributed by atoms with Crippen LogP contribution in [-0.2, 0) is 24.3 Å². The van der Waals surface area contributed by atoms with E-state index in [9.17, 15) is 18.0 Å². The minimum atomic E-state index is -3.92. The molecule has 144 valence electrons. The lowest BCUT2D eigenvalue weighted by atomic mass is 10.2. The monoisotopic (exact) mass is 391 g/mol. The van der Waals surface area contributed by atoms with Crippen molar-refractivity contribution in [2.45, 2.75) is 31.8 Å². The number of rotatable bonds is 6. The molecule has 8 heteroatoms. The van der Waals surface area contributed by atoms with E-state index in [0.29, 0.717) is 5.56 Å². The highest BCUT2D eigenvalue weighted by molar-refractivity contribution is 7.92. The van der Waals surface area contributed by atoms with Crippen LogP contribution in [0.2, 0.25) is 0 Å². The van der Waals surface area contributed by atoms with E-state index in [1.54, 1.807) is 38.1 Å². The van der Waals surface area contributed by atoms with Gasteiger partial charge in [-0.3, -0.25) is 4.72 Å². The molecular weight excluding hydrogens is 370 g/mol. The van der Waals surface area contributed by atoms with Gasteiger partial charge < -0.3 is 9.47 Å². The Labute approximate surface area is 158 Å². The average Bonchev–Trinajstić information content (AvgIpc) is 2.62. The summed E-state index contributed by atoms with van der Waals surface area (Å²) in [6, 6.07) is 11.1. The van der Waals surface area contributed by atoms with E-state index in [-0.39, 0.29) is 16.1 Å². The van der Waals surface area contributed by atoms with Gasteiger partial charge in [0.2, 0.25) is 0 Å². The standard InChI is InChI=1S/C19H21NO6S/c1-12-9-10-13(2)17(11-12)27(23,24)20-16-8-6-5-7-15(16)19(22)26-14(3)18(21)25-4/h5-11,14,20H,1-4H3/t14-/m0/s1. The number of methoxy groups -OCH3 is 1. The molecule has 27 heavy (non-hydrogen) atoms. The molecule has 0 aliphatic rings. The number of para-hydroxylation sites is 1. The highest BCUT2D eigenvalue weighted by Gasteiger charge is 2.24. The second-order valence-electron chi connectivity index (χ2n) is 5.99. The Bertz CT molecular complexity index is 968. The number of ether oxygens (including phenoxy) is 2. The molecule has 2 rings (SSSR count). The largest absolute Gasteiger partial charge is 0.466 e. The summed E-state index contributed by atoms with van der Waals surface area (Å²) < 4.78 is 37.6. The second-order valence-corrected chi connectivity index (χ2v) is 7.64. The van der Waals surface area contributed by atoms with Crippen molar-refractivity contribution in [1.82, 2.24) is 0 Å². The minimum absolute atomic E-state index is 0.0119. The molecule has 1 atom stereocenters. The minimum Gasteiger partial charge on any atom is -0.466 e. The first kappa shape index (κ1) is 20.4. The zero-order valence-electron chi connectivity index (χ0n) is 15.5. The Morgan fingerprint density at radius 2 is 1.74 bits per heavy atom. The highest BCUT2D eigenvalue weighted by Crippen LogP contribution is 2.24. The van der Waals surface area contributed by atoms with Crippen molar-refractivity contribution in [2.24, 2.45) is 0 Å². The van der Waals surface area contributed by atoms with Crippen LogP contribution in [0.5, 0.6) is 0 Å². The van der Waals surface area contributed by atoms with Crippen molar-refractivity contribution in [1.29, 1.82) is 0 Å². The molecule has 0 saturated carbocycles. The molecule has 2 aromatic carbocycles. The van der Waals surface area contributed by atoms with Crippen LogP contribution in [0, 0.1) is 13.8 Å². The zero-order valence-corrected chi connectivity index (χ0v) is 16.3. The van der Waals surface area contributed by atoms with Gasteiger partial charge in [-0.25, -0.2) is 18.0 Å². The van der Waals surface area contributed by atoms with E-state index in [4.69, 9.17) is 4.74 Å². The van der Waals surface area contributed by atoms with Gasteiger partial charge in [0.25, 0.3) is 10.0 Å². The van der Waals surface area contributed by atoms with Crippen molar-refractivity contribution in [3.63, 3.8) is 0 Å². The summed E-state index contributed by atoms with van der Waals surface area (Å²) in [5.74, 6) is -1.55. The number of benzene rings is 2. The summed E-state index contributed by atoms with van der Waals surface area (Å²) in [6.07, 6.45) is -1.12. The first-order valence-corrected chi connectivity index (χ1v) is 9.62. The normalized spacial score (nSPS) is 12.1. The third-order valence-electron chi connectivity index (χ3n) is 3.84. The number of nitrogens with one attached hydrogen (secondary N) is 1. The van der Waals surface area contributed by atoms with Gasteiger partial charge in [-0.05, 0) is 50.1 Å². The van der Waals surface area contributed by atoms with Crippen LogP contribution in [0.1, 0.15) is 28.4 Å². The van der Waals surface area contributed by atoms with E-state index in [1.165, 1.54) is 26.2 Å². The second kappa shape index (κ2) is 8.22. The van der Waals surface area contributed by atoms with Gasteiger partial charge in [-0.15, -0.1) is 0 Å². The molecule has 0 aliphatic carbocycles. The average molecular weight is 391 g/mol. The molecular formula is C19H21NO6S. The van der Waals surface area contributed by atoms with Crippen molar-refractivity contribution in [2.75, 3.05) is 11.8 Å². The lowest BCUT2D eigenvalue weighted by Crippen LogP contribution is -2.26. The van der Waals surface area contributed by atoms with Crippen LogP contribution in [0.25, 0.3) is 0 Å². The fourth-order valence-electron chi connectivity index (χ4n) is 2.38. The molecule has 7 nitrogen and oxygen atoms in total. The molecule has 0 spiro atoms. The van der Waals surface area contributed by atoms with Crippen LogP contribution in [-0.4, -0.2) is 33.6 Å². The lowest BCUT2D eigenvalue weighted by Gasteiger charge is -2.15. The van der Waals surface area contributed by atoms with Crippen LogP contribution < -0.4 is 4.72 Å². The van der Waals surface area contributed by atoms with Gasteiger partial charge in [0, 0.05) is 0 Å². The maximum absolute atomic E-state index is 12.8.